The van der Waals surface area contributed by atoms with Crippen molar-refractivity contribution in [1.82, 2.24) is 14.7 Å². The number of amides is 1. The van der Waals surface area contributed by atoms with Crippen LogP contribution in [0.15, 0.2) is 60.3 Å². The maximum absolute atomic E-state index is 12.5. The van der Waals surface area contributed by atoms with Crippen molar-refractivity contribution in [1.29, 1.82) is 0 Å². The molecule has 0 aliphatic carbocycles. The van der Waals surface area contributed by atoms with Crippen molar-refractivity contribution in [2.24, 2.45) is 0 Å². The number of hydrogen-bond donors (Lipinski definition) is 1. The Balaban J connectivity index is 0.000000407. The van der Waals surface area contributed by atoms with E-state index in [0.717, 1.165) is 11.3 Å². The Morgan fingerprint density at radius 3 is 2.59 bits per heavy atom. The Morgan fingerprint density at radius 1 is 1.32 bits per heavy atom. The molecule has 2 heterocycles. The fraction of sp³-hybridized carbons (Fsp3) is 0.250. The first kappa shape index (κ1) is 29.8. The van der Waals surface area contributed by atoms with Crippen LogP contribution in [0, 0.1) is 43.3 Å². The fourth-order valence-corrected chi connectivity index (χ4v) is 2.87. The predicted octanol–water partition coefficient (Wildman–Crippen LogP) is 5.99. The van der Waals surface area contributed by atoms with Crippen molar-refractivity contribution < 1.29 is 53.8 Å². The minimum absolute atomic E-state index is 0. The summed E-state index contributed by atoms with van der Waals surface area (Å²) < 4.78 is 39.9. The number of ether oxygens (including phenoxy) is 1. The molecule has 0 aliphatic rings. The van der Waals surface area contributed by atoms with E-state index in [9.17, 15) is 18.0 Å². The van der Waals surface area contributed by atoms with E-state index >= 15 is 0 Å². The maximum atomic E-state index is 12.5. The van der Waals surface area contributed by atoms with Gasteiger partial charge in [-0.3, -0.25) is 15.3 Å². The molecule has 3 aromatic rings. The van der Waals surface area contributed by atoms with Crippen LogP contribution in [0.25, 0.3) is 5.65 Å². The van der Waals surface area contributed by atoms with E-state index in [0.29, 0.717) is 29.3 Å². The van der Waals surface area contributed by atoms with Gasteiger partial charge in [-0.15, -0.1) is 37.8 Å². The van der Waals surface area contributed by atoms with Crippen molar-refractivity contribution in [3.63, 3.8) is 0 Å². The summed E-state index contributed by atoms with van der Waals surface area (Å²) in [6, 6.07) is 11.1. The number of imidazole rings is 1. The average Bonchev–Trinajstić information content (AvgIpc) is 3.13. The third-order valence-electron chi connectivity index (χ3n) is 4.19. The van der Waals surface area contributed by atoms with E-state index in [-0.39, 0.29) is 42.8 Å². The minimum atomic E-state index is -4.61. The van der Waals surface area contributed by atoms with E-state index in [1.54, 1.807) is 22.7 Å². The summed E-state index contributed by atoms with van der Waals surface area (Å²) in [6.07, 6.45) is 4.52. The summed E-state index contributed by atoms with van der Waals surface area (Å²) >= 11 is 5.98. The molecule has 0 saturated heterocycles. The van der Waals surface area contributed by atoms with Crippen LogP contribution < -0.4 is 10.1 Å². The minimum Gasteiger partial charge on any atom is -0.432 e. The number of carbonyl (C=O) groups is 1. The zero-order valence-corrected chi connectivity index (χ0v) is 23.8. The molecule has 0 aliphatic heterocycles. The van der Waals surface area contributed by atoms with Crippen LogP contribution in [0.2, 0.25) is 5.02 Å². The van der Waals surface area contributed by atoms with Crippen LogP contribution in [-0.2, 0) is 6.42 Å². The Kier molecular flexibility index (Phi) is 12.5. The van der Waals surface area contributed by atoms with Gasteiger partial charge in [0, 0.05) is 29.6 Å². The second kappa shape index (κ2) is 14.3. The molecule has 0 spiro atoms. The van der Waals surface area contributed by atoms with Gasteiger partial charge in [0.1, 0.15) is 11.3 Å². The van der Waals surface area contributed by atoms with Gasteiger partial charge >= 0.3 is 37.5 Å². The SMILES string of the molecule is C[C-]=C/C=C(\C)CNC(=O)c1c(CC)nc2cc(Cl)ccn12.FC(F)(F)Oc1cc[c-]cc1.[U+2]. The van der Waals surface area contributed by atoms with Gasteiger partial charge in [0.2, 0.25) is 0 Å². The van der Waals surface area contributed by atoms with Crippen molar-refractivity contribution in [2.75, 3.05) is 6.54 Å². The number of rotatable bonds is 6. The summed E-state index contributed by atoms with van der Waals surface area (Å²) in [4.78, 5) is 17.0. The number of hydrogen-bond acceptors (Lipinski definition) is 3. The molecule has 0 unspecified atom stereocenters. The molecule has 34 heavy (non-hydrogen) atoms. The molecule has 1 aromatic carbocycles. The topological polar surface area (TPSA) is 55.6 Å². The number of fused-ring (bicyclic) bond motifs is 1. The van der Waals surface area contributed by atoms with Crippen molar-refractivity contribution in [2.45, 2.75) is 33.6 Å². The third kappa shape index (κ3) is 9.57. The zero-order valence-electron chi connectivity index (χ0n) is 18.8. The number of halogens is 4. The summed E-state index contributed by atoms with van der Waals surface area (Å²) in [7, 11) is 0. The van der Waals surface area contributed by atoms with Gasteiger partial charge in [0.25, 0.3) is 5.91 Å². The van der Waals surface area contributed by atoms with Gasteiger partial charge in [0.05, 0.1) is 5.69 Å². The molecule has 0 fully saturated rings. The maximum Gasteiger partial charge on any atom is 2.00 e. The van der Waals surface area contributed by atoms with E-state index in [4.69, 9.17) is 11.6 Å². The number of aryl methyl sites for hydroxylation is 1. The van der Waals surface area contributed by atoms with Crippen molar-refractivity contribution in [3.8, 4) is 5.75 Å². The molecule has 0 atom stereocenters. The summed E-state index contributed by atoms with van der Waals surface area (Å²) in [5, 5.41) is 3.53. The zero-order chi connectivity index (χ0) is 24.4. The first-order chi connectivity index (χ1) is 15.6. The standard InChI is InChI=1S/C17H19ClN3O.C7H4F3O.U/c1-4-6-7-12(3)11-19-17(22)16-14(5-2)20-15-10-13(18)8-9-21(15)16;8-7(9,10)11-6-4-2-1-3-5-6;/h6-10H,5,11H2,1-3H3,(H,19,22);2-5H;/q2*-1;+2/b12-7+;;. The Morgan fingerprint density at radius 2 is 2.00 bits per heavy atom. The van der Waals surface area contributed by atoms with E-state index in [1.165, 1.54) is 24.3 Å². The molecular formula is C24H23ClF3N3O2U. The fourth-order valence-electron chi connectivity index (χ4n) is 2.72. The molecule has 1 N–H and O–H groups in total. The normalized spacial score (nSPS) is 11.6. The number of pyridine rings is 1. The van der Waals surface area contributed by atoms with Crippen LogP contribution in [0.4, 0.5) is 13.2 Å². The van der Waals surface area contributed by atoms with Crippen molar-refractivity contribution in [3.05, 3.63) is 88.9 Å². The molecular weight excluding hydrogens is 693 g/mol. The quantitative estimate of drug-likeness (QED) is 0.252. The van der Waals surface area contributed by atoms with E-state index in [1.807, 2.05) is 32.9 Å². The molecule has 0 saturated carbocycles. The molecule has 1 amide bonds. The molecule has 0 bridgehead atoms. The first-order valence-electron chi connectivity index (χ1n) is 9.97. The van der Waals surface area contributed by atoms with Gasteiger partial charge in [-0.05, 0) is 12.5 Å². The molecule has 2 aromatic heterocycles. The Bertz CT molecular complexity index is 1130. The number of nitrogens with zero attached hydrogens (tertiary/aromatic N) is 2. The van der Waals surface area contributed by atoms with E-state index in [2.05, 4.69) is 27.2 Å². The number of benzene rings is 1. The summed E-state index contributed by atoms with van der Waals surface area (Å²) in [6.45, 7) is 6.26. The predicted molar refractivity (Wildman–Crippen MR) is 121 cm³/mol. The smallest absolute Gasteiger partial charge is 0.432 e. The van der Waals surface area contributed by atoms with E-state index < -0.39 is 6.36 Å². The summed E-state index contributed by atoms with van der Waals surface area (Å²) in [5.74, 6) is -0.361. The second-order valence-electron chi connectivity index (χ2n) is 6.77. The molecule has 5 nitrogen and oxygen atoms in total. The average molecular weight is 716 g/mol. The van der Waals surface area contributed by atoms with Crippen LogP contribution in [0.3, 0.4) is 0 Å². The number of allylic oxidation sites excluding steroid dienone is 3. The Hall–Kier alpha value is -2.21. The van der Waals surface area contributed by atoms with Crippen LogP contribution in [-0.4, -0.2) is 28.2 Å². The number of nitrogens with one attached hydrogen (secondary N) is 1. The molecule has 0 radical (unpaired) electrons. The molecule has 178 valence electrons. The van der Waals surface area contributed by atoms with Crippen molar-refractivity contribution >= 4 is 23.2 Å². The monoisotopic (exact) mass is 715 g/mol. The Labute approximate surface area is 225 Å². The van der Waals surface area contributed by atoms with Crippen LogP contribution in [0.1, 0.15) is 37.0 Å². The van der Waals surface area contributed by atoms with Gasteiger partial charge in [-0.25, -0.2) is 17.1 Å². The van der Waals surface area contributed by atoms with Gasteiger partial charge in [-0.1, -0.05) is 25.4 Å². The van der Waals surface area contributed by atoms with Crippen LogP contribution >= 0.6 is 11.6 Å². The van der Waals surface area contributed by atoms with Gasteiger partial charge in [0.15, 0.2) is 0 Å². The molecule has 10 heteroatoms. The third-order valence-corrected chi connectivity index (χ3v) is 4.43. The van der Waals surface area contributed by atoms with Gasteiger partial charge in [-0.2, -0.15) is 18.2 Å². The number of carbonyl (C=O) groups excluding carboxylic acids is 1. The van der Waals surface area contributed by atoms with Gasteiger partial charge < -0.3 is 10.1 Å². The number of aromatic nitrogens is 2. The number of alkyl halides is 3. The summed E-state index contributed by atoms with van der Waals surface area (Å²) in [5.41, 5.74) is 3.07. The molecule has 3 rings (SSSR count). The van der Waals surface area contributed by atoms with Crippen LogP contribution in [0.5, 0.6) is 5.75 Å². The first-order valence-corrected chi connectivity index (χ1v) is 10.3. The largest absolute Gasteiger partial charge is 2.00 e. The second-order valence-corrected chi connectivity index (χ2v) is 7.20.